The van der Waals surface area contributed by atoms with E-state index in [1.54, 1.807) is 23.1 Å². The van der Waals surface area contributed by atoms with Gasteiger partial charge in [0.25, 0.3) is 11.7 Å². The Morgan fingerprint density at radius 1 is 1.10 bits per heavy atom. The van der Waals surface area contributed by atoms with E-state index >= 15 is 0 Å². The third-order valence-corrected chi connectivity index (χ3v) is 6.03. The summed E-state index contributed by atoms with van der Waals surface area (Å²) in [4.78, 5) is 27.7. The molecule has 1 aliphatic heterocycles. The van der Waals surface area contributed by atoms with Crippen LogP contribution in [0.5, 0.6) is 5.75 Å². The Hall–Kier alpha value is -2.79. The van der Waals surface area contributed by atoms with Crippen molar-refractivity contribution in [2.75, 3.05) is 7.11 Å². The fourth-order valence-electron chi connectivity index (χ4n) is 4.34. The summed E-state index contributed by atoms with van der Waals surface area (Å²) >= 11 is 6.21. The summed E-state index contributed by atoms with van der Waals surface area (Å²) in [6.45, 7) is 0. The number of hydrogen-bond acceptors (Lipinski definition) is 4. The molecule has 1 aliphatic carbocycles. The number of ketones is 1. The zero-order valence-corrected chi connectivity index (χ0v) is 16.9. The molecule has 2 aliphatic rings. The third kappa shape index (κ3) is 3.40. The topological polar surface area (TPSA) is 66.8 Å². The van der Waals surface area contributed by atoms with E-state index in [1.807, 2.05) is 30.3 Å². The Kier molecular flexibility index (Phi) is 5.33. The first-order valence-corrected chi connectivity index (χ1v) is 10.1. The average molecular weight is 412 g/mol. The number of likely N-dealkylation sites (tertiary alicyclic amines) is 1. The molecule has 0 bridgehead atoms. The van der Waals surface area contributed by atoms with Crippen LogP contribution in [0.15, 0.2) is 54.1 Å². The van der Waals surface area contributed by atoms with E-state index in [4.69, 9.17) is 16.3 Å². The first-order valence-electron chi connectivity index (χ1n) is 9.72. The first kappa shape index (κ1) is 19.5. The maximum absolute atomic E-state index is 13.0. The standard InChI is InChI=1S/C23H22ClNO4/c1-29-18-12-11-15(13-17(18)24)21(26)19-20(14-7-3-2-4-8-14)25(23(28)22(19)27)16-9-5-6-10-16/h2-4,7-8,11-13,16,20,26H,5-6,9-10H2,1H3/b21-19-. The maximum atomic E-state index is 13.0. The molecular weight excluding hydrogens is 390 g/mol. The number of rotatable bonds is 4. The highest BCUT2D eigenvalue weighted by Gasteiger charge is 2.49. The smallest absolute Gasteiger partial charge is 0.295 e. The predicted octanol–water partition coefficient (Wildman–Crippen LogP) is 4.71. The zero-order valence-electron chi connectivity index (χ0n) is 16.1. The van der Waals surface area contributed by atoms with Crippen molar-refractivity contribution >= 4 is 29.1 Å². The van der Waals surface area contributed by atoms with Gasteiger partial charge in [-0.15, -0.1) is 0 Å². The van der Waals surface area contributed by atoms with Gasteiger partial charge in [-0.2, -0.15) is 0 Å². The van der Waals surface area contributed by atoms with Gasteiger partial charge in [-0.3, -0.25) is 9.59 Å². The van der Waals surface area contributed by atoms with Crippen LogP contribution in [-0.2, 0) is 9.59 Å². The fourth-order valence-corrected chi connectivity index (χ4v) is 4.60. The van der Waals surface area contributed by atoms with Crippen molar-refractivity contribution in [3.8, 4) is 5.75 Å². The van der Waals surface area contributed by atoms with Gasteiger partial charge < -0.3 is 14.7 Å². The van der Waals surface area contributed by atoms with Crippen molar-refractivity contribution in [1.82, 2.24) is 4.90 Å². The van der Waals surface area contributed by atoms with E-state index in [2.05, 4.69) is 0 Å². The Morgan fingerprint density at radius 2 is 1.79 bits per heavy atom. The molecule has 0 aromatic heterocycles. The second kappa shape index (κ2) is 7.91. The molecular formula is C23H22ClNO4. The number of benzene rings is 2. The number of halogens is 1. The minimum Gasteiger partial charge on any atom is -0.507 e. The van der Waals surface area contributed by atoms with E-state index < -0.39 is 17.7 Å². The Labute approximate surface area is 174 Å². The molecule has 29 heavy (non-hydrogen) atoms. The number of Topliss-reactive ketones (excluding diaryl/α,β-unsaturated/α-hetero) is 1. The summed E-state index contributed by atoms with van der Waals surface area (Å²) in [7, 11) is 1.50. The van der Waals surface area contributed by atoms with Crippen LogP contribution in [-0.4, -0.2) is 34.8 Å². The lowest BCUT2D eigenvalue weighted by Crippen LogP contribution is -2.37. The predicted molar refractivity (Wildman–Crippen MR) is 111 cm³/mol. The number of carbonyl (C=O) groups excluding carboxylic acids is 2. The number of nitrogens with zero attached hydrogens (tertiary/aromatic N) is 1. The maximum Gasteiger partial charge on any atom is 0.295 e. The van der Waals surface area contributed by atoms with E-state index in [-0.39, 0.29) is 17.4 Å². The van der Waals surface area contributed by atoms with E-state index in [0.29, 0.717) is 16.3 Å². The highest BCUT2D eigenvalue weighted by atomic mass is 35.5. The number of methoxy groups -OCH3 is 1. The highest BCUT2D eigenvalue weighted by molar-refractivity contribution is 6.46. The number of ether oxygens (including phenoxy) is 1. The number of aliphatic hydroxyl groups excluding tert-OH is 1. The quantitative estimate of drug-likeness (QED) is 0.449. The second-order valence-corrected chi connectivity index (χ2v) is 7.81. The van der Waals surface area contributed by atoms with Gasteiger partial charge in [-0.1, -0.05) is 54.8 Å². The summed E-state index contributed by atoms with van der Waals surface area (Å²) in [5.74, 6) is -0.960. The molecule has 0 spiro atoms. The summed E-state index contributed by atoms with van der Waals surface area (Å²) in [6.07, 6.45) is 3.79. The van der Waals surface area contributed by atoms with Crippen molar-refractivity contribution in [2.45, 2.75) is 37.8 Å². The van der Waals surface area contributed by atoms with Crippen LogP contribution in [0.1, 0.15) is 42.9 Å². The molecule has 5 nitrogen and oxygen atoms in total. The molecule has 2 fully saturated rings. The van der Waals surface area contributed by atoms with Gasteiger partial charge in [0.2, 0.25) is 0 Å². The summed E-state index contributed by atoms with van der Waals surface area (Å²) in [5, 5.41) is 11.4. The molecule has 1 saturated carbocycles. The number of hydrogen-bond donors (Lipinski definition) is 1. The van der Waals surface area contributed by atoms with Crippen molar-refractivity contribution in [3.05, 3.63) is 70.3 Å². The molecule has 1 saturated heterocycles. The molecule has 6 heteroatoms. The molecule has 1 amide bonds. The first-order chi connectivity index (χ1) is 14.0. The monoisotopic (exact) mass is 411 g/mol. The zero-order chi connectivity index (χ0) is 20.5. The van der Waals surface area contributed by atoms with Crippen molar-refractivity contribution in [1.29, 1.82) is 0 Å². The van der Waals surface area contributed by atoms with Crippen LogP contribution < -0.4 is 4.74 Å². The molecule has 1 heterocycles. The lowest BCUT2D eigenvalue weighted by atomic mass is 9.94. The lowest BCUT2D eigenvalue weighted by molar-refractivity contribution is -0.141. The molecule has 150 valence electrons. The molecule has 2 aromatic carbocycles. The third-order valence-electron chi connectivity index (χ3n) is 5.74. The number of amides is 1. The molecule has 1 N–H and O–H groups in total. The summed E-state index contributed by atoms with van der Waals surface area (Å²) in [6, 6.07) is 13.6. The number of aliphatic hydroxyl groups is 1. The van der Waals surface area contributed by atoms with Crippen molar-refractivity contribution in [3.63, 3.8) is 0 Å². The van der Waals surface area contributed by atoms with Crippen LogP contribution in [0.25, 0.3) is 5.76 Å². The average Bonchev–Trinajstić information content (AvgIpc) is 3.35. The SMILES string of the molecule is COc1ccc(/C(O)=C2/C(=O)C(=O)N(C3CCCC3)C2c2ccccc2)cc1Cl. The number of carbonyl (C=O) groups is 2. The van der Waals surface area contributed by atoms with Gasteiger partial charge in [0.05, 0.1) is 23.7 Å². The minimum absolute atomic E-state index is 0.00131. The Bertz CT molecular complexity index is 980. The summed E-state index contributed by atoms with van der Waals surface area (Å²) < 4.78 is 5.16. The molecule has 0 radical (unpaired) electrons. The normalized spacial score (nSPS) is 21.7. The fraction of sp³-hybridized carbons (Fsp3) is 0.304. The van der Waals surface area contributed by atoms with Crippen LogP contribution in [0.3, 0.4) is 0 Å². The van der Waals surface area contributed by atoms with Gasteiger partial charge >= 0.3 is 0 Å². The van der Waals surface area contributed by atoms with Crippen LogP contribution >= 0.6 is 11.6 Å². The van der Waals surface area contributed by atoms with Crippen LogP contribution in [0.4, 0.5) is 0 Å². The van der Waals surface area contributed by atoms with E-state index in [0.717, 1.165) is 31.2 Å². The molecule has 1 atom stereocenters. The van der Waals surface area contributed by atoms with E-state index in [9.17, 15) is 14.7 Å². The molecule has 2 aromatic rings. The molecule has 1 unspecified atom stereocenters. The van der Waals surface area contributed by atoms with Crippen LogP contribution in [0, 0.1) is 0 Å². The Morgan fingerprint density at radius 3 is 2.41 bits per heavy atom. The minimum atomic E-state index is -0.657. The van der Waals surface area contributed by atoms with Crippen molar-refractivity contribution < 1.29 is 19.4 Å². The Balaban J connectivity index is 1.87. The van der Waals surface area contributed by atoms with Crippen molar-refractivity contribution in [2.24, 2.45) is 0 Å². The van der Waals surface area contributed by atoms with Gasteiger partial charge in [-0.05, 0) is 36.6 Å². The van der Waals surface area contributed by atoms with Gasteiger partial charge in [0.15, 0.2) is 0 Å². The van der Waals surface area contributed by atoms with Gasteiger partial charge in [0.1, 0.15) is 11.5 Å². The van der Waals surface area contributed by atoms with E-state index in [1.165, 1.54) is 7.11 Å². The molecule has 4 rings (SSSR count). The van der Waals surface area contributed by atoms with Crippen LogP contribution in [0.2, 0.25) is 5.02 Å². The van der Waals surface area contributed by atoms with Gasteiger partial charge in [-0.25, -0.2) is 0 Å². The summed E-state index contributed by atoms with van der Waals surface area (Å²) in [5.41, 5.74) is 1.29. The highest BCUT2D eigenvalue weighted by Crippen LogP contribution is 2.43. The van der Waals surface area contributed by atoms with Gasteiger partial charge in [0, 0.05) is 11.6 Å². The lowest BCUT2D eigenvalue weighted by Gasteiger charge is -2.30. The largest absolute Gasteiger partial charge is 0.507 e. The second-order valence-electron chi connectivity index (χ2n) is 7.40.